The highest BCUT2D eigenvalue weighted by Crippen LogP contribution is 2.31. The lowest BCUT2D eigenvalue weighted by molar-refractivity contribution is 0.0890. The molecular weight excluding hydrogens is 276 g/mol. The van der Waals surface area contributed by atoms with Gasteiger partial charge in [-0.2, -0.15) is 5.10 Å². The van der Waals surface area contributed by atoms with Crippen LogP contribution in [0.25, 0.3) is 10.2 Å². The Morgan fingerprint density at radius 3 is 3.05 bits per heavy atom. The van der Waals surface area contributed by atoms with Crippen molar-refractivity contribution in [2.75, 3.05) is 25.5 Å². The van der Waals surface area contributed by atoms with Crippen LogP contribution in [-0.2, 0) is 4.74 Å². The molecule has 0 aliphatic heterocycles. The average Bonchev–Trinajstić information content (AvgIpc) is 2.76. The molecule has 6 nitrogen and oxygen atoms in total. The molecule has 0 aromatic carbocycles. The molecule has 7 heteroatoms. The number of fused-ring (bicyclic) bond motifs is 1. The molecule has 0 spiro atoms. The van der Waals surface area contributed by atoms with Crippen LogP contribution in [0.1, 0.15) is 23.5 Å². The van der Waals surface area contributed by atoms with Gasteiger partial charge >= 0.3 is 0 Å². The minimum absolute atomic E-state index is 0.196. The minimum Gasteiger partial charge on any atom is -0.397 e. The number of carbonyl (C=O) groups is 1. The van der Waals surface area contributed by atoms with Crippen molar-refractivity contribution in [1.82, 2.24) is 15.5 Å². The second-order valence-corrected chi connectivity index (χ2v) is 5.82. The van der Waals surface area contributed by atoms with Crippen LogP contribution in [-0.4, -0.2) is 35.9 Å². The molecule has 20 heavy (non-hydrogen) atoms. The maximum atomic E-state index is 12.0. The van der Waals surface area contributed by atoms with Gasteiger partial charge in [-0.3, -0.25) is 4.79 Å². The number of nitrogens with one attached hydrogen (secondary N) is 1. The molecule has 2 rings (SSSR count). The van der Waals surface area contributed by atoms with Crippen LogP contribution in [0.4, 0.5) is 5.69 Å². The summed E-state index contributed by atoms with van der Waals surface area (Å²) in [5.41, 5.74) is 6.42. The Bertz CT molecular complexity index is 597. The van der Waals surface area contributed by atoms with Gasteiger partial charge in [0.2, 0.25) is 0 Å². The average molecular weight is 294 g/mol. The van der Waals surface area contributed by atoms with Gasteiger partial charge in [-0.15, -0.1) is 16.4 Å². The van der Waals surface area contributed by atoms with E-state index < -0.39 is 0 Å². The van der Waals surface area contributed by atoms with Crippen molar-refractivity contribution in [3.8, 4) is 0 Å². The number of anilines is 1. The summed E-state index contributed by atoms with van der Waals surface area (Å²) in [6.45, 7) is 5.81. The fourth-order valence-electron chi connectivity index (χ4n) is 1.68. The second kappa shape index (κ2) is 6.62. The summed E-state index contributed by atoms with van der Waals surface area (Å²) in [7, 11) is 0. The molecule has 108 valence electrons. The fourth-order valence-corrected chi connectivity index (χ4v) is 2.63. The number of amides is 1. The highest BCUT2D eigenvalue weighted by atomic mass is 32.1. The lowest BCUT2D eigenvalue weighted by Crippen LogP contribution is -2.27. The Hall–Kier alpha value is -1.73. The molecule has 0 aliphatic rings. The number of ether oxygens (including phenoxy) is 1. The Labute approximate surface area is 121 Å². The van der Waals surface area contributed by atoms with Gasteiger partial charge in [-0.25, -0.2) is 0 Å². The molecule has 0 bridgehead atoms. The normalized spacial score (nSPS) is 11.2. The van der Waals surface area contributed by atoms with Crippen molar-refractivity contribution in [1.29, 1.82) is 0 Å². The number of thiophene rings is 1. The third kappa shape index (κ3) is 3.43. The van der Waals surface area contributed by atoms with Crippen molar-refractivity contribution in [2.45, 2.75) is 13.8 Å². The van der Waals surface area contributed by atoms with Crippen LogP contribution in [0, 0.1) is 5.92 Å². The summed E-state index contributed by atoms with van der Waals surface area (Å²) in [5.74, 6) is 0.293. The van der Waals surface area contributed by atoms with E-state index in [-0.39, 0.29) is 5.91 Å². The van der Waals surface area contributed by atoms with E-state index in [4.69, 9.17) is 10.5 Å². The molecule has 0 aliphatic carbocycles. The smallest absolute Gasteiger partial charge is 0.263 e. The number of nitrogen functional groups attached to an aromatic ring is 1. The lowest BCUT2D eigenvalue weighted by Gasteiger charge is -2.07. The standard InChI is InChI=1S/C13H18N4O2S/c1-8(2)7-19-6-5-15-12(18)11-10(14)9-3-4-16-17-13(9)20-11/h3-4,8H,5-7,14H2,1-2H3,(H,15,18). The van der Waals surface area contributed by atoms with Crippen LogP contribution in [0.3, 0.4) is 0 Å². The Balaban J connectivity index is 1.93. The van der Waals surface area contributed by atoms with Crippen molar-refractivity contribution in [3.05, 3.63) is 17.1 Å². The van der Waals surface area contributed by atoms with Crippen LogP contribution < -0.4 is 11.1 Å². The van der Waals surface area contributed by atoms with E-state index in [1.165, 1.54) is 11.3 Å². The molecule has 2 heterocycles. The zero-order valence-electron chi connectivity index (χ0n) is 11.5. The highest BCUT2D eigenvalue weighted by Gasteiger charge is 2.16. The quantitative estimate of drug-likeness (QED) is 0.791. The van der Waals surface area contributed by atoms with E-state index in [1.54, 1.807) is 12.3 Å². The number of hydrogen-bond donors (Lipinski definition) is 2. The van der Waals surface area contributed by atoms with Crippen molar-refractivity contribution in [3.63, 3.8) is 0 Å². The number of hydrogen-bond acceptors (Lipinski definition) is 6. The number of rotatable bonds is 6. The van der Waals surface area contributed by atoms with Gasteiger partial charge in [0, 0.05) is 18.5 Å². The fraction of sp³-hybridized carbons (Fsp3) is 0.462. The van der Waals surface area contributed by atoms with Crippen molar-refractivity contribution in [2.24, 2.45) is 5.92 Å². The second-order valence-electron chi connectivity index (χ2n) is 4.82. The van der Waals surface area contributed by atoms with Gasteiger partial charge in [0.25, 0.3) is 5.91 Å². The van der Waals surface area contributed by atoms with Gasteiger partial charge in [0.15, 0.2) is 0 Å². The first kappa shape index (κ1) is 14.7. The SMILES string of the molecule is CC(C)COCCNC(=O)c1sc2nnccc2c1N. The van der Waals surface area contributed by atoms with Crippen molar-refractivity contribution < 1.29 is 9.53 Å². The Kier molecular flexibility index (Phi) is 4.86. The highest BCUT2D eigenvalue weighted by molar-refractivity contribution is 7.21. The maximum absolute atomic E-state index is 12.0. The van der Waals surface area contributed by atoms with Gasteiger partial charge in [-0.1, -0.05) is 13.8 Å². The maximum Gasteiger partial charge on any atom is 0.263 e. The third-order valence-electron chi connectivity index (χ3n) is 2.61. The number of nitrogens with zero attached hydrogens (tertiary/aromatic N) is 2. The topological polar surface area (TPSA) is 90.1 Å². The zero-order valence-corrected chi connectivity index (χ0v) is 12.4. The summed E-state index contributed by atoms with van der Waals surface area (Å²) in [4.78, 5) is 13.2. The van der Waals surface area contributed by atoms with Crippen LogP contribution in [0.5, 0.6) is 0 Å². The van der Waals surface area contributed by atoms with Gasteiger partial charge < -0.3 is 15.8 Å². The molecule has 0 atom stereocenters. The third-order valence-corrected chi connectivity index (χ3v) is 3.71. The van der Waals surface area contributed by atoms with E-state index in [2.05, 4.69) is 29.4 Å². The van der Waals surface area contributed by atoms with Crippen LogP contribution in [0.2, 0.25) is 0 Å². The summed E-state index contributed by atoms with van der Waals surface area (Å²) in [5, 5.41) is 11.3. The van der Waals surface area contributed by atoms with Gasteiger partial charge in [0.05, 0.1) is 18.5 Å². The minimum atomic E-state index is -0.196. The molecule has 2 aromatic heterocycles. The Morgan fingerprint density at radius 2 is 2.35 bits per heavy atom. The molecule has 0 fully saturated rings. The summed E-state index contributed by atoms with van der Waals surface area (Å²) in [6.07, 6.45) is 1.56. The Morgan fingerprint density at radius 1 is 1.55 bits per heavy atom. The summed E-state index contributed by atoms with van der Waals surface area (Å²) in [6, 6.07) is 1.76. The van der Waals surface area contributed by atoms with Gasteiger partial charge in [0.1, 0.15) is 9.71 Å². The summed E-state index contributed by atoms with van der Waals surface area (Å²) >= 11 is 1.25. The molecule has 0 radical (unpaired) electrons. The molecular formula is C13H18N4O2S. The largest absolute Gasteiger partial charge is 0.397 e. The van der Waals surface area contributed by atoms with E-state index in [1.807, 2.05) is 0 Å². The lowest BCUT2D eigenvalue weighted by atomic mass is 10.2. The molecule has 0 saturated carbocycles. The van der Waals surface area contributed by atoms with Gasteiger partial charge in [-0.05, 0) is 12.0 Å². The van der Waals surface area contributed by atoms with E-state index >= 15 is 0 Å². The van der Waals surface area contributed by atoms with E-state index in [0.717, 1.165) is 5.39 Å². The number of nitrogens with two attached hydrogens (primary N) is 1. The molecule has 2 aromatic rings. The molecule has 3 N–H and O–H groups in total. The number of carbonyl (C=O) groups excluding carboxylic acids is 1. The predicted molar refractivity (Wildman–Crippen MR) is 79.8 cm³/mol. The first-order valence-corrected chi connectivity index (χ1v) is 7.27. The number of aromatic nitrogens is 2. The molecule has 0 unspecified atom stereocenters. The summed E-state index contributed by atoms with van der Waals surface area (Å²) < 4.78 is 5.41. The molecule has 0 saturated heterocycles. The zero-order chi connectivity index (χ0) is 14.5. The van der Waals surface area contributed by atoms with E-state index in [0.29, 0.717) is 41.1 Å². The first-order chi connectivity index (χ1) is 9.59. The first-order valence-electron chi connectivity index (χ1n) is 6.45. The molecule has 1 amide bonds. The van der Waals surface area contributed by atoms with Crippen molar-refractivity contribution >= 4 is 33.1 Å². The predicted octanol–water partition coefficient (Wildman–Crippen LogP) is 1.68. The van der Waals surface area contributed by atoms with Crippen LogP contribution >= 0.6 is 11.3 Å². The monoisotopic (exact) mass is 294 g/mol. The van der Waals surface area contributed by atoms with E-state index in [9.17, 15) is 4.79 Å². The van der Waals surface area contributed by atoms with Crippen LogP contribution in [0.15, 0.2) is 12.3 Å².